The van der Waals surface area contributed by atoms with Gasteiger partial charge >= 0.3 is 0 Å². The Labute approximate surface area is 177 Å². The summed E-state index contributed by atoms with van der Waals surface area (Å²) in [6.07, 6.45) is 1.06. The minimum atomic E-state index is -2.82. The molecule has 0 amide bonds. The van der Waals surface area contributed by atoms with E-state index >= 15 is 0 Å². The molecule has 8 heteroatoms. The van der Waals surface area contributed by atoms with Crippen LogP contribution in [0.5, 0.6) is 0 Å². The number of anilines is 2. The first kappa shape index (κ1) is 19.6. The van der Waals surface area contributed by atoms with Gasteiger partial charge in [0.25, 0.3) is 0 Å². The summed E-state index contributed by atoms with van der Waals surface area (Å²) >= 11 is 0. The van der Waals surface area contributed by atoms with E-state index in [2.05, 4.69) is 34.6 Å². The van der Waals surface area contributed by atoms with Gasteiger partial charge in [0.15, 0.2) is 0 Å². The quantitative estimate of drug-likeness (QED) is 0.507. The molecule has 0 saturated carbocycles. The van der Waals surface area contributed by atoms with Crippen LogP contribution >= 0.6 is 10.6 Å². The van der Waals surface area contributed by atoms with E-state index in [-0.39, 0.29) is 5.75 Å². The number of nitrogens with zero attached hydrogens (tertiary/aromatic N) is 3. The molecule has 5 rings (SSSR count). The first-order valence-electron chi connectivity index (χ1n) is 10.3. The molecule has 4 N–H and O–H groups in total. The summed E-state index contributed by atoms with van der Waals surface area (Å²) in [4.78, 5) is 12.4. The van der Waals surface area contributed by atoms with Crippen molar-refractivity contribution in [3.8, 4) is 0 Å². The number of aryl methyl sites for hydroxylation is 1. The van der Waals surface area contributed by atoms with Gasteiger partial charge in [0.1, 0.15) is 5.82 Å². The molecule has 3 heterocycles. The van der Waals surface area contributed by atoms with Gasteiger partial charge in [-0.25, -0.2) is 4.98 Å². The van der Waals surface area contributed by atoms with Crippen LogP contribution in [0.4, 0.5) is 11.8 Å². The molecule has 1 fully saturated rings. The molecule has 2 aliphatic rings. The van der Waals surface area contributed by atoms with Crippen LogP contribution in [0.15, 0.2) is 47.4 Å². The zero-order valence-corrected chi connectivity index (χ0v) is 17.8. The average Bonchev–Trinajstić information content (AvgIpc) is 3.20. The molecule has 2 aliphatic heterocycles. The van der Waals surface area contributed by atoms with Crippen molar-refractivity contribution in [2.75, 3.05) is 35.6 Å². The average molecular weight is 426 g/mol. The van der Waals surface area contributed by atoms with E-state index in [4.69, 9.17) is 9.97 Å². The van der Waals surface area contributed by atoms with Gasteiger partial charge in [-0.2, -0.15) is 15.6 Å². The van der Waals surface area contributed by atoms with E-state index in [1.165, 1.54) is 5.56 Å². The lowest BCUT2D eigenvalue weighted by molar-refractivity contribution is 0.488. The number of fused-ring (bicyclic) bond motifs is 2. The highest BCUT2D eigenvalue weighted by Crippen LogP contribution is 2.51. The summed E-state index contributed by atoms with van der Waals surface area (Å²) in [5.41, 5.74) is 2.98. The third-order valence-electron chi connectivity index (χ3n) is 5.86. The van der Waals surface area contributed by atoms with Crippen molar-refractivity contribution in [3.05, 3.63) is 53.6 Å². The third-order valence-corrected chi connectivity index (χ3v) is 7.71. The van der Waals surface area contributed by atoms with Crippen molar-refractivity contribution >= 4 is 33.3 Å². The van der Waals surface area contributed by atoms with Crippen molar-refractivity contribution in [1.82, 2.24) is 15.3 Å². The summed E-state index contributed by atoms with van der Waals surface area (Å²) in [5.74, 6) is 1.73. The maximum Gasteiger partial charge on any atom is 0.228 e. The van der Waals surface area contributed by atoms with Gasteiger partial charge in [0.05, 0.1) is 16.2 Å². The fourth-order valence-electron chi connectivity index (χ4n) is 4.21. The monoisotopic (exact) mass is 425 g/mol. The smallest absolute Gasteiger partial charge is 0.228 e. The van der Waals surface area contributed by atoms with E-state index in [9.17, 15) is 9.11 Å². The number of benzene rings is 2. The van der Waals surface area contributed by atoms with Crippen LogP contribution in [0.3, 0.4) is 0 Å². The largest absolute Gasteiger partial charge is 0.365 e. The fourth-order valence-corrected chi connectivity index (χ4v) is 5.75. The Bertz CT molecular complexity index is 1080. The number of nitrogens with one attached hydrogen (secondary N) is 2. The second kappa shape index (κ2) is 7.70. The molecule has 0 spiro atoms. The highest BCUT2D eigenvalue weighted by molar-refractivity contribution is 8.24. The summed E-state index contributed by atoms with van der Waals surface area (Å²) < 4.78 is 21.3. The first-order valence-corrected chi connectivity index (χ1v) is 12.1. The summed E-state index contributed by atoms with van der Waals surface area (Å²) in [5, 5.41) is 8.02. The number of aromatic nitrogens is 2. The molecule has 0 radical (unpaired) electrons. The van der Waals surface area contributed by atoms with Gasteiger partial charge in [-0.3, -0.25) is 9.11 Å². The first-order chi connectivity index (χ1) is 14.5. The van der Waals surface area contributed by atoms with Gasteiger partial charge in [0.2, 0.25) is 5.95 Å². The molecule has 1 atom stereocenters. The van der Waals surface area contributed by atoms with Crippen molar-refractivity contribution in [3.63, 3.8) is 0 Å². The second-order valence-electron chi connectivity index (χ2n) is 8.13. The van der Waals surface area contributed by atoms with Crippen LogP contribution in [-0.4, -0.2) is 50.5 Å². The van der Waals surface area contributed by atoms with Gasteiger partial charge in [-0.05, 0) is 43.7 Å². The molecule has 1 saturated heterocycles. The van der Waals surface area contributed by atoms with E-state index in [1.54, 1.807) is 0 Å². The van der Waals surface area contributed by atoms with Gasteiger partial charge < -0.3 is 15.5 Å². The lowest BCUT2D eigenvalue weighted by Crippen LogP contribution is -2.28. The maximum absolute atomic E-state index is 10.7. The number of hydrogen-bond acceptors (Lipinski definition) is 7. The summed E-state index contributed by atoms with van der Waals surface area (Å²) in [7, 11) is -2.82. The lowest BCUT2D eigenvalue weighted by atomic mass is 10.1. The molecule has 0 aliphatic carbocycles. The van der Waals surface area contributed by atoms with Crippen LogP contribution in [0.25, 0.3) is 10.9 Å². The van der Waals surface area contributed by atoms with Gasteiger partial charge in [0, 0.05) is 31.1 Å². The maximum atomic E-state index is 10.7. The standard InChI is InChI=1S/C22H27N5O2S/c1-15-6-7-19-18(12-15)21(24-17-8-9-23-13-17)26-22(25-19)27-10-11-30(28,29)20-5-3-2-4-16(20)14-27/h2-7,12,17,23,28-29H,8-11,13-14H2,1H3,(H,24,25,26). The molecule has 158 valence electrons. The Morgan fingerprint density at radius 3 is 2.87 bits per heavy atom. The van der Waals surface area contributed by atoms with Gasteiger partial charge in [-0.15, -0.1) is 0 Å². The lowest BCUT2D eigenvalue weighted by Gasteiger charge is -2.32. The Kier molecular flexibility index (Phi) is 5.02. The SMILES string of the molecule is Cc1ccc2nc(N3CCS(O)(O)c4ccccc4C3)nc(NC3CCNC3)c2c1. The highest BCUT2D eigenvalue weighted by atomic mass is 32.3. The molecule has 30 heavy (non-hydrogen) atoms. The van der Waals surface area contributed by atoms with Crippen LogP contribution in [-0.2, 0) is 6.54 Å². The van der Waals surface area contributed by atoms with Crippen LogP contribution in [0, 0.1) is 6.92 Å². The van der Waals surface area contributed by atoms with E-state index in [1.807, 2.05) is 30.3 Å². The Morgan fingerprint density at radius 2 is 2.03 bits per heavy atom. The van der Waals surface area contributed by atoms with Crippen LogP contribution in [0.1, 0.15) is 17.5 Å². The van der Waals surface area contributed by atoms with Crippen LogP contribution < -0.4 is 15.5 Å². The Hall–Kier alpha value is -2.39. The molecule has 1 aromatic heterocycles. The van der Waals surface area contributed by atoms with E-state index in [0.29, 0.717) is 30.0 Å². The third kappa shape index (κ3) is 3.72. The molecule has 3 aromatic rings. The van der Waals surface area contributed by atoms with Crippen molar-refractivity contribution in [2.45, 2.75) is 30.8 Å². The molecule has 1 unspecified atom stereocenters. The van der Waals surface area contributed by atoms with Crippen LogP contribution in [0.2, 0.25) is 0 Å². The minimum absolute atomic E-state index is 0.272. The van der Waals surface area contributed by atoms with E-state index < -0.39 is 10.6 Å². The Morgan fingerprint density at radius 1 is 1.17 bits per heavy atom. The second-order valence-corrected chi connectivity index (χ2v) is 10.3. The molecular weight excluding hydrogens is 398 g/mol. The summed E-state index contributed by atoms with van der Waals surface area (Å²) in [6.45, 7) is 5.04. The highest BCUT2D eigenvalue weighted by Gasteiger charge is 2.27. The number of hydrogen-bond donors (Lipinski definition) is 4. The van der Waals surface area contributed by atoms with Crippen molar-refractivity contribution in [1.29, 1.82) is 0 Å². The Balaban J connectivity index is 1.56. The topological polar surface area (TPSA) is 93.5 Å². The molecule has 2 aromatic carbocycles. The zero-order valence-electron chi connectivity index (χ0n) is 17.0. The minimum Gasteiger partial charge on any atom is -0.365 e. The van der Waals surface area contributed by atoms with E-state index in [0.717, 1.165) is 41.8 Å². The zero-order chi connectivity index (χ0) is 20.7. The molecule has 0 bridgehead atoms. The van der Waals surface area contributed by atoms with Crippen molar-refractivity contribution < 1.29 is 9.11 Å². The molecule has 7 nitrogen and oxygen atoms in total. The van der Waals surface area contributed by atoms with Crippen molar-refractivity contribution in [2.24, 2.45) is 0 Å². The van der Waals surface area contributed by atoms with Gasteiger partial charge in [-0.1, -0.05) is 29.8 Å². The summed E-state index contributed by atoms with van der Waals surface area (Å²) in [6, 6.07) is 14.1. The normalized spacial score (nSPS) is 21.8. The molecular formula is C22H27N5O2S. The number of rotatable bonds is 3. The predicted octanol–water partition coefficient (Wildman–Crippen LogP) is 3.84. The fraction of sp³-hybridized carbons (Fsp3) is 0.364. The predicted molar refractivity (Wildman–Crippen MR) is 123 cm³/mol.